The monoisotopic (exact) mass is 194 g/mol. The molecule has 0 spiro atoms. The molecule has 2 saturated carbocycles. The first-order valence-electron chi connectivity index (χ1n) is 6.63. The summed E-state index contributed by atoms with van der Waals surface area (Å²) in [5, 5.41) is 0. The Kier molecular flexibility index (Phi) is 2.91. The molecule has 2 aliphatic rings. The van der Waals surface area contributed by atoms with Crippen LogP contribution in [0.4, 0.5) is 0 Å². The predicted octanol–water partition coefficient (Wildman–Crippen LogP) is 4.35. The van der Waals surface area contributed by atoms with Crippen LogP contribution >= 0.6 is 0 Å². The van der Waals surface area contributed by atoms with Crippen molar-refractivity contribution in [2.24, 2.45) is 35.5 Å². The zero-order chi connectivity index (χ0) is 10.3. The van der Waals surface area contributed by atoms with E-state index < -0.39 is 0 Å². The molecule has 0 radical (unpaired) electrons. The zero-order valence-electron chi connectivity index (χ0n) is 10.3. The Morgan fingerprint density at radius 2 is 1.71 bits per heavy atom. The molecule has 0 amide bonds. The van der Waals surface area contributed by atoms with Crippen LogP contribution in [-0.4, -0.2) is 0 Å². The van der Waals surface area contributed by atoms with Gasteiger partial charge in [-0.15, -0.1) is 0 Å². The van der Waals surface area contributed by atoms with E-state index in [2.05, 4.69) is 27.7 Å². The second-order valence-corrected chi connectivity index (χ2v) is 6.18. The third kappa shape index (κ3) is 2.15. The SMILES string of the molecule is CCC1CC1CC(C)C1CC1C(C)C. The predicted molar refractivity (Wildman–Crippen MR) is 62.1 cm³/mol. The van der Waals surface area contributed by atoms with Crippen LogP contribution in [0.1, 0.15) is 53.4 Å². The Bertz CT molecular complexity index is 194. The highest BCUT2D eigenvalue weighted by atomic mass is 14.5. The maximum atomic E-state index is 2.50. The van der Waals surface area contributed by atoms with E-state index in [0.717, 1.165) is 35.5 Å². The van der Waals surface area contributed by atoms with Crippen molar-refractivity contribution in [2.45, 2.75) is 53.4 Å². The molecule has 0 heteroatoms. The highest BCUT2D eigenvalue weighted by Gasteiger charge is 2.45. The molecule has 0 N–H and O–H groups in total. The van der Waals surface area contributed by atoms with E-state index >= 15 is 0 Å². The minimum Gasteiger partial charge on any atom is -0.0651 e. The smallest absolute Gasteiger partial charge is 0.0355 e. The van der Waals surface area contributed by atoms with Crippen LogP contribution in [0.3, 0.4) is 0 Å². The summed E-state index contributed by atoms with van der Waals surface area (Å²) in [5.74, 6) is 6.33. The molecule has 0 saturated heterocycles. The molecule has 0 heterocycles. The molecule has 14 heavy (non-hydrogen) atoms. The zero-order valence-corrected chi connectivity index (χ0v) is 10.3. The lowest BCUT2D eigenvalue weighted by molar-refractivity contribution is 0.378. The summed E-state index contributed by atoms with van der Waals surface area (Å²) < 4.78 is 0. The van der Waals surface area contributed by atoms with Crippen LogP contribution in [0, 0.1) is 35.5 Å². The molecule has 2 fully saturated rings. The van der Waals surface area contributed by atoms with E-state index in [1.807, 2.05) is 0 Å². The van der Waals surface area contributed by atoms with E-state index in [1.165, 1.54) is 19.3 Å². The van der Waals surface area contributed by atoms with Gasteiger partial charge in [0.05, 0.1) is 0 Å². The van der Waals surface area contributed by atoms with Crippen LogP contribution in [0.15, 0.2) is 0 Å². The van der Waals surface area contributed by atoms with Gasteiger partial charge in [0.1, 0.15) is 0 Å². The summed E-state index contributed by atoms with van der Waals surface area (Å²) in [6.45, 7) is 9.63. The molecule has 2 aliphatic carbocycles. The quantitative estimate of drug-likeness (QED) is 0.610. The van der Waals surface area contributed by atoms with Gasteiger partial charge in [-0.1, -0.05) is 34.1 Å². The molecule has 5 unspecified atom stereocenters. The maximum Gasteiger partial charge on any atom is -0.0355 e. The average molecular weight is 194 g/mol. The summed E-state index contributed by atoms with van der Waals surface area (Å²) in [4.78, 5) is 0. The van der Waals surface area contributed by atoms with Gasteiger partial charge < -0.3 is 0 Å². The van der Waals surface area contributed by atoms with Crippen molar-refractivity contribution in [3.8, 4) is 0 Å². The lowest BCUT2D eigenvalue weighted by Crippen LogP contribution is -2.04. The summed E-state index contributed by atoms with van der Waals surface area (Å²) in [5.41, 5.74) is 0. The summed E-state index contributed by atoms with van der Waals surface area (Å²) in [6, 6.07) is 0. The first-order valence-corrected chi connectivity index (χ1v) is 6.63. The normalized spacial score (nSPS) is 42.6. The van der Waals surface area contributed by atoms with E-state index in [-0.39, 0.29) is 0 Å². The molecule has 0 aliphatic heterocycles. The Morgan fingerprint density at radius 1 is 1.00 bits per heavy atom. The van der Waals surface area contributed by atoms with Crippen molar-refractivity contribution < 1.29 is 0 Å². The van der Waals surface area contributed by atoms with Crippen LogP contribution in [0.5, 0.6) is 0 Å². The van der Waals surface area contributed by atoms with Crippen molar-refractivity contribution in [1.82, 2.24) is 0 Å². The van der Waals surface area contributed by atoms with Gasteiger partial charge in [-0.25, -0.2) is 0 Å². The fourth-order valence-corrected chi connectivity index (χ4v) is 3.41. The minimum atomic E-state index is 0.934. The highest BCUT2D eigenvalue weighted by molar-refractivity contribution is 4.95. The largest absolute Gasteiger partial charge is 0.0651 e. The second-order valence-electron chi connectivity index (χ2n) is 6.18. The van der Waals surface area contributed by atoms with E-state index in [0.29, 0.717) is 0 Å². The number of rotatable bonds is 5. The van der Waals surface area contributed by atoms with Crippen molar-refractivity contribution in [3.05, 3.63) is 0 Å². The van der Waals surface area contributed by atoms with Crippen molar-refractivity contribution in [3.63, 3.8) is 0 Å². The summed E-state index contributed by atoms with van der Waals surface area (Å²) >= 11 is 0. The number of hydrogen-bond donors (Lipinski definition) is 0. The Labute approximate surface area is 89.5 Å². The Morgan fingerprint density at radius 3 is 2.14 bits per heavy atom. The number of hydrogen-bond acceptors (Lipinski definition) is 0. The van der Waals surface area contributed by atoms with Crippen LogP contribution in [0.2, 0.25) is 0 Å². The molecule has 0 aromatic heterocycles. The molecule has 0 bridgehead atoms. The lowest BCUT2D eigenvalue weighted by Gasteiger charge is -2.12. The Balaban J connectivity index is 1.68. The average Bonchev–Trinajstić information content (AvgIpc) is 2.99. The standard InChI is InChI=1S/C14H26/c1-5-11-7-12(11)6-10(4)14-8-13(14)9(2)3/h9-14H,5-8H2,1-4H3. The Hall–Kier alpha value is 0. The molecular formula is C14H26. The molecule has 82 valence electrons. The third-order valence-corrected chi connectivity index (χ3v) is 4.75. The molecule has 0 nitrogen and oxygen atoms in total. The fraction of sp³-hybridized carbons (Fsp3) is 1.00. The van der Waals surface area contributed by atoms with Crippen LogP contribution in [0.25, 0.3) is 0 Å². The van der Waals surface area contributed by atoms with Crippen LogP contribution in [-0.2, 0) is 0 Å². The minimum absolute atomic E-state index is 0.934. The summed E-state index contributed by atoms with van der Waals surface area (Å²) in [7, 11) is 0. The van der Waals surface area contributed by atoms with Gasteiger partial charge in [0, 0.05) is 0 Å². The van der Waals surface area contributed by atoms with Gasteiger partial charge in [0.2, 0.25) is 0 Å². The molecule has 0 aromatic rings. The van der Waals surface area contributed by atoms with Crippen molar-refractivity contribution in [2.75, 3.05) is 0 Å². The molecule has 2 rings (SSSR count). The van der Waals surface area contributed by atoms with Gasteiger partial charge in [-0.3, -0.25) is 0 Å². The fourth-order valence-electron chi connectivity index (χ4n) is 3.41. The first-order chi connectivity index (χ1) is 6.63. The second kappa shape index (κ2) is 3.87. The van der Waals surface area contributed by atoms with Gasteiger partial charge in [-0.05, 0) is 54.8 Å². The first kappa shape index (κ1) is 10.5. The molecule has 5 atom stereocenters. The third-order valence-electron chi connectivity index (χ3n) is 4.75. The van der Waals surface area contributed by atoms with E-state index in [1.54, 1.807) is 6.42 Å². The molecular weight excluding hydrogens is 168 g/mol. The maximum absolute atomic E-state index is 2.50. The highest BCUT2D eigenvalue weighted by Crippen LogP contribution is 2.54. The topological polar surface area (TPSA) is 0 Å². The van der Waals surface area contributed by atoms with E-state index in [4.69, 9.17) is 0 Å². The lowest BCUT2D eigenvalue weighted by atomic mass is 9.94. The van der Waals surface area contributed by atoms with E-state index in [9.17, 15) is 0 Å². The van der Waals surface area contributed by atoms with Gasteiger partial charge in [-0.2, -0.15) is 0 Å². The van der Waals surface area contributed by atoms with Crippen molar-refractivity contribution >= 4 is 0 Å². The molecule has 0 aromatic carbocycles. The van der Waals surface area contributed by atoms with Gasteiger partial charge >= 0.3 is 0 Å². The van der Waals surface area contributed by atoms with Crippen molar-refractivity contribution in [1.29, 1.82) is 0 Å². The van der Waals surface area contributed by atoms with Gasteiger partial charge in [0.15, 0.2) is 0 Å². The summed E-state index contributed by atoms with van der Waals surface area (Å²) in [6.07, 6.45) is 6.03. The van der Waals surface area contributed by atoms with Gasteiger partial charge in [0.25, 0.3) is 0 Å². The van der Waals surface area contributed by atoms with Crippen LogP contribution < -0.4 is 0 Å².